The summed E-state index contributed by atoms with van der Waals surface area (Å²) in [5, 5.41) is 0. The van der Waals surface area contributed by atoms with Crippen molar-refractivity contribution in [2.24, 2.45) is 5.92 Å². The van der Waals surface area contributed by atoms with Crippen molar-refractivity contribution in [1.82, 2.24) is 4.90 Å². The first-order chi connectivity index (χ1) is 11.6. The molecule has 0 amide bonds. The first kappa shape index (κ1) is 18.2. The Balaban J connectivity index is 2.27. The lowest BCUT2D eigenvalue weighted by Crippen LogP contribution is -2.44. The first-order valence-electron chi connectivity index (χ1n) is 8.60. The number of ether oxygens (including phenoxy) is 1. The molecule has 3 heteroatoms. The average molecular weight is 325 g/mol. The van der Waals surface area contributed by atoms with Crippen LogP contribution in [0.4, 0.5) is 0 Å². The Hall–Kier alpha value is -2.13. The fourth-order valence-electron chi connectivity index (χ4n) is 2.96. The van der Waals surface area contributed by atoms with E-state index in [9.17, 15) is 4.79 Å². The van der Waals surface area contributed by atoms with Gasteiger partial charge >= 0.3 is 5.97 Å². The van der Waals surface area contributed by atoms with Gasteiger partial charge in [-0.05, 0) is 24.0 Å². The second-order valence-corrected chi connectivity index (χ2v) is 6.32. The Labute approximate surface area is 145 Å². The van der Waals surface area contributed by atoms with Crippen molar-refractivity contribution in [3.8, 4) is 0 Å². The van der Waals surface area contributed by atoms with Crippen molar-refractivity contribution in [3.05, 3.63) is 71.8 Å². The number of hydrogen-bond acceptors (Lipinski definition) is 3. The van der Waals surface area contributed by atoms with E-state index in [-0.39, 0.29) is 17.9 Å². The Bertz CT molecular complexity index is 569. The van der Waals surface area contributed by atoms with E-state index in [4.69, 9.17) is 4.74 Å². The third-order valence-corrected chi connectivity index (χ3v) is 4.01. The van der Waals surface area contributed by atoms with Gasteiger partial charge in [0.05, 0.1) is 6.61 Å². The zero-order valence-corrected chi connectivity index (χ0v) is 14.8. The SMILES string of the molecule is CCOC(=O)[C@H](C(C)C)N(Cc1ccccc1)Cc1ccccc1. The summed E-state index contributed by atoms with van der Waals surface area (Å²) in [6.45, 7) is 7.85. The molecule has 0 saturated heterocycles. The number of benzene rings is 2. The molecule has 2 rings (SSSR count). The summed E-state index contributed by atoms with van der Waals surface area (Å²) in [6.07, 6.45) is 0. The van der Waals surface area contributed by atoms with Gasteiger partial charge in [0, 0.05) is 13.1 Å². The predicted molar refractivity (Wildman–Crippen MR) is 97.4 cm³/mol. The number of esters is 1. The van der Waals surface area contributed by atoms with E-state index in [1.807, 2.05) is 43.3 Å². The van der Waals surface area contributed by atoms with Crippen LogP contribution in [0.1, 0.15) is 31.9 Å². The van der Waals surface area contributed by atoms with Crippen molar-refractivity contribution in [1.29, 1.82) is 0 Å². The first-order valence-corrected chi connectivity index (χ1v) is 8.60. The summed E-state index contributed by atoms with van der Waals surface area (Å²) in [7, 11) is 0. The van der Waals surface area contributed by atoms with E-state index in [0.29, 0.717) is 6.61 Å². The van der Waals surface area contributed by atoms with Crippen molar-refractivity contribution < 1.29 is 9.53 Å². The van der Waals surface area contributed by atoms with Crippen molar-refractivity contribution in [3.63, 3.8) is 0 Å². The van der Waals surface area contributed by atoms with Gasteiger partial charge in [-0.15, -0.1) is 0 Å². The molecule has 0 unspecified atom stereocenters. The summed E-state index contributed by atoms with van der Waals surface area (Å²) in [6, 6.07) is 20.3. The normalized spacial score (nSPS) is 12.4. The maximum Gasteiger partial charge on any atom is 0.323 e. The van der Waals surface area contributed by atoms with Crippen LogP contribution in [0.5, 0.6) is 0 Å². The summed E-state index contributed by atoms with van der Waals surface area (Å²) >= 11 is 0. The monoisotopic (exact) mass is 325 g/mol. The molecule has 1 atom stereocenters. The third-order valence-electron chi connectivity index (χ3n) is 4.01. The molecule has 0 aliphatic rings. The minimum atomic E-state index is -0.259. The van der Waals surface area contributed by atoms with Crippen LogP contribution in [0.3, 0.4) is 0 Å². The van der Waals surface area contributed by atoms with Gasteiger partial charge in [0.25, 0.3) is 0 Å². The van der Waals surface area contributed by atoms with Crippen LogP contribution in [0.15, 0.2) is 60.7 Å². The molecule has 0 radical (unpaired) electrons. The second kappa shape index (κ2) is 9.24. The molecule has 0 spiro atoms. The van der Waals surface area contributed by atoms with E-state index in [2.05, 4.69) is 43.0 Å². The molecular formula is C21H27NO2. The van der Waals surface area contributed by atoms with Gasteiger partial charge in [-0.3, -0.25) is 9.69 Å². The lowest BCUT2D eigenvalue weighted by Gasteiger charge is -2.32. The quantitative estimate of drug-likeness (QED) is 0.679. The molecule has 0 aliphatic heterocycles. The highest BCUT2D eigenvalue weighted by molar-refractivity contribution is 5.76. The summed E-state index contributed by atoms with van der Waals surface area (Å²) < 4.78 is 5.34. The van der Waals surface area contributed by atoms with Crippen LogP contribution in [0.25, 0.3) is 0 Å². The van der Waals surface area contributed by atoms with Crippen LogP contribution in [0, 0.1) is 5.92 Å². The van der Waals surface area contributed by atoms with Crippen molar-refractivity contribution >= 4 is 5.97 Å². The summed E-state index contributed by atoms with van der Waals surface area (Å²) in [5.41, 5.74) is 2.40. The van der Waals surface area contributed by atoms with Gasteiger partial charge in [-0.1, -0.05) is 74.5 Å². The van der Waals surface area contributed by atoms with Crippen LogP contribution < -0.4 is 0 Å². The van der Waals surface area contributed by atoms with E-state index in [1.165, 1.54) is 11.1 Å². The largest absolute Gasteiger partial charge is 0.465 e. The molecule has 0 fully saturated rings. The molecule has 0 N–H and O–H groups in total. The maximum absolute atomic E-state index is 12.5. The number of carbonyl (C=O) groups is 1. The fourth-order valence-corrected chi connectivity index (χ4v) is 2.96. The van der Waals surface area contributed by atoms with Crippen LogP contribution >= 0.6 is 0 Å². The third kappa shape index (κ3) is 5.20. The topological polar surface area (TPSA) is 29.5 Å². The number of hydrogen-bond donors (Lipinski definition) is 0. The molecular weight excluding hydrogens is 298 g/mol. The Morgan fingerprint density at radius 1 is 0.917 bits per heavy atom. The predicted octanol–water partition coefficient (Wildman–Crippen LogP) is 4.28. The van der Waals surface area contributed by atoms with Gasteiger partial charge in [0.1, 0.15) is 6.04 Å². The Kier molecular flexibility index (Phi) is 7.01. The zero-order chi connectivity index (χ0) is 17.4. The molecule has 0 aliphatic carbocycles. The summed E-state index contributed by atoms with van der Waals surface area (Å²) in [5.74, 6) is 0.0378. The standard InChI is InChI=1S/C21H27NO2/c1-4-24-21(23)20(17(2)3)22(15-18-11-7-5-8-12-18)16-19-13-9-6-10-14-19/h5-14,17,20H,4,15-16H2,1-3H3/t20-/m0/s1. The smallest absolute Gasteiger partial charge is 0.323 e. The maximum atomic E-state index is 12.5. The minimum Gasteiger partial charge on any atom is -0.465 e. The van der Waals surface area contributed by atoms with Crippen LogP contribution in [-0.2, 0) is 22.6 Å². The molecule has 0 heterocycles. The molecule has 3 nitrogen and oxygen atoms in total. The molecule has 128 valence electrons. The fraction of sp³-hybridized carbons (Fsp3) is 0.381. The molecule has 0 bridgehead atoms. The highest BCUT2D eigenvalue weighted by Crippen LogP contribution is 2.19. The van der Waals surface area contributed by atoms with E-state index >= 15 is 0 Å². The molecule has 24 heavy (non-hydrogen) atoms. The number of nitrogens with zero attached hydrogens (tertiary/aromatic N) is 1. The highest BCUT2D eigenvalue weighted by atomic mass is 16.5. The number of rotatable bonds is 8. The van der Waals surface area contributed by atoms with Gasteiger partial charge in [0.15, 0.2) is 0 Å². The van der Waals surface area contributed by atoms with E-state index < -0.39 is 0 Å². The minimum absolute atomic E-state index is 0.139. The molecule has 0 aromatic heterocycles. The molecule has 2 aromatic carbocycles. The van der Waals surface area contributed by atoms with Crippen molar-refractivity contribution in [2.75, 3.05) is 6.61 Å². The Morgan fingerprint density at radius 2 is 1.38 bits per heavy atom. The molecule has 0 saturated carbocycles. The molecule has 2 aromatic rings. The van der Waals surface area contributed by atoms with E-state index in [1.54, 1.807) is 0 Å². The lowest BCUT2D eigenvalue weighted by atomic mass is 10.0. The zero-order valence-electron chi connectivity index (χ0n) is 14.8. The second-order valence-electron chi connectivity index (χ2n) is 6.32. The van der Waals surface area contributed by atoms with Crippen LogP contribution in [-0.4, -0.2) is 23.5 Å². The van der Waals surface area contributed by atoms with E-state index in [0.717, 1.165) is 13.1 Å². The van der Waals surface area contributed by atoms with Gasteiger partial charge < -0.3 is 4.74 Å². The Morgan fingerprint density at radius 3 is 1.75 bits per heavy atom. The average Bonchev–Trinajstić information content (AvgIpc) is 2.56. The van der Waals surface area contributed by atoms with Gasteiger partial charge in [-0.2, -0.15) is 0 Å². The lowest BCUT2D eigenvalue weighted by molar-refractivity contribution is -0.152. The van der Waals surface area contributed by atoms with Gasteiger partial charge in [-0.25, -0.2) is 0 Å². The van der Waals surface area contributed by atoms with Crippen molar-refractivity contribution in [2.45, 2.75) is 39.9 Å². The van der Waals surface area contributed by atoms with Crippen LogP contribution in [0.2, 0.25) is 0 Å². The number of carbonyl (C=O) groups excluding carboxylic acids is 1. The summed E-state index contributed by atoms with van der Waals surface area (Å²) in [4.78, 5) is 14.8. The van der Waals surface area contributed by atoms with Gasteiger partial charge in [0.2, 0.25) is 0 Å². The highest BCUT2D eigenvalue weighted by Gasteiger charge is 2.30.